The predicted molar refractivity (Wildman–Crippen MR) is 63.3 cm³/mol. The van der Waals surface area contributed by atoms with Gasteiger partial charge < -0.3 is 10.4 Å². The maximum atomic E-state index is 9.18. The van der Waals surface area contributed by atoms with Gasteiger partial charge in [0, 0.05) is 6.20 Å². The maximum Gasteiger partial charge on any atom is 0.146 e. The molecule has 1 rings (SSSR count). The van der Waals surface area contributed by atoms with E-state index in [1.54, 1.807) is 6.07 Å². The van der Waals surface area contributed by atoms with E-state index in [1.807, 2.05) is 19.9 Å². The van der Waals surface area contributed by atoms with Crippen LogP contribution in [0.15, 0.2) is 12.3 Å². The summed E-state index contributed by atoms with van der Waals surface area (Å²) in [5.41, 5.74) is 0.375. The minimum atomic E-state index is -0.126. The molecular weight excluding hydrogens is 226 g/mol. The average Bonchev–Trinajstić information content (AvgIpc) is 2.27. The second kappa shape index (κ2) is 5.69. The van der Waals surface area contributed by atoms with Crippen LogP contribution >= 0.6 is 11.6 Å². The van der Waals surface area contributed by atoms with Crippen molar-refractivity contribution in [2.45, 2.75) is 19.9 Å². The lowest BCUT2D eigenvalue weighted by Gasteiger charge is -2.21. The molecule has 5 heteroatoms. The molecule has 0 radical (unpaired) electrons. The Morgan fingerprint density at radius 3 is 2.81 bits per heavy atom. The van der Waals surface area contributed by atoms with E-state index in [1.165, 1.54) is 6.20 Å². The monoisotopic (exact) mass is 239 g/mol. The number of hydrogen-bond acceptors (Lipinski definition) is 4. The van der Waals surface area contributed by atoms with E-state index in [0.717, 1.165) is 0 Å². The topological polar surface area (TPSA) is 68.9 Å². The molecule has 0 aromatic carbocycles. The highest BCUT2D eigenvalue weighted by atomic mass is 35.5. The molecule has 0 aliphatic heterocycles. The lowest BCUT2D eigenvalue weighted by Crippen LogP contribution is -2.30. The first-order valence-corrected chi connectivity index (χ1v) is 5.40. The highest BCUT2D eigenvalue weighted by molar-refractivity contribution is 6.34. The standard InChI is InChI=1S/C11H14ClN3O/c1-7(2)9(6-16)15-11-10(12)8(5-13)3-4-14-11/h3-4,7,9,16H,6H2,1-2H3,(H,14,15). The number of nitriles is 1. The molecule has 0 aliphatic rings. The number of halogens is 1. The number of pyridine rings is 1. The molecule has 0 amide bonds. The van der Waals surface area contributed by atoms with Gasteiger partial charge in [-0.3, -0.25) is 0 Å². The molecule has 0 aliphatic carbocycles. The number of aliphatic hydroxyl groups excluding tert-OH is 1. The fraction of sp³-hybridized carbons (Fsp3) is 0.455. The first kappa shape index (κ1) is 12.8. The summed E-state index contributed by atoms with van der Waals surface area (Å²) in [6.07, 6.45) is 1.52. The van der Waals surface area contributed by atoms with Crippen LogP contribution in [0.4, 0.5) is 5.82 Å². The Bertz CT molecular complexity index is 401. The minimum absolute atomic E-state index is 0.00748. The summed E-state index contributed by atoms with van der Waals surface area (Å²) < 4.78 is 0. The minimum Gasteiger partial charge on any atom is -0.394 e. The number of anilines is 1. The smallest absolute Gasteiger partial charge is 0.146 e. The van der Waals surface area contributed by atoms with Crippen LogP contribution in [-0.2, 0) is 0 Å². The lowest BCUT2D eigenvalue weighted by molar-refractivity contribution is 0.249. The van der Waals surface area contributed by atoms with Crippen LogP contribution in [0.3, 0.4) is 0 Å². The van der Waals surface area contributed by atoms with Crippen LogP contribution < -0.4 is 5.32 Å². The summed E-state index contributed by atoms with van der Waals surface area (Å²) >= 11 is 5.99. The molecule has 0 saturated carbocycles. The molecule has 0 spiro atoms. The van der Waals surface area contributed by atoms with Gasteiger partial charge in [0.1, 0.15) is 16.9 Å². The van der Waals surface area contributed by atoms with Crippen molar-refractivity contribution in [1.29, 1.82) is 5.26 Å². The molecular formula is C11H14ClN3O. The summed E-state index contributed by atoms with van der Waals surface area (Å²) in [6, 6.07) is 3.41. The van der Waals surface area contributed by atoms with Crippen molar-refractivity contribution < 1.29 is 5.11 Å². The second-order valence-electron chi connectivity index (χ2n) is 3.81. The van der Waals surface area contributed by atoms with E-state index >= 15 is 0 Å². The highest BCUT2D eigenvalue weighted by Gasteiger charge is 2.15. The molecule has 1 unspecified atom stereocenters. The molecule has 1 atom stereocenters. The number of aromatic nitrogens is 1. The summed E-state index contributed by atoms with van der Waals surface area (Å²) in [5, 5.41) is 21.3. The Kier molecular flexibility index (Phi) is 4.53. The van der Waals surface area contributed by atoms with E-state index in [9.17, 15) is 5.11 Å². The Labute approximate surface area is 99.9 Å². The van der Waals surface area contributed by atoms with Crippen LogP contribution in [0.5, 0.6) is 0 Å². The zero-order valence-corrected chi connectivity index (χ0v) is 9.99. The highest BCUT2D eigenvalue weighted by Crippen LogP contribution is 2.24. The molecule has 2 N–H and O–H groups in total. The third kappa shape index (κ3) is 2.84. The molecule has 0 fully saturated rings. The van der Waals surface area contributed by atoms with Gasteiger partial charge in [-0.25, -0.2) is 4.98 Å². The number of aliphatic hydroxyl groups is 1. The first-order chi connectivity index (χ1) is 7.60. The SMILES string of the molecule is CC(C)C(CO)Nc1nccc(C#N)c1Cl. The van der Waals surface area contributed by atoms with Gasteiger partial charge in [0.2, 0.25) is 0 Å². The molecule has 1 aromatic heterocycles. The van der Waals surface area contributed by atoms with Crippen molar-refractivity contribution in [3.05, 3.63) is 22.8 Å². The van der Waals surface area contributed by atoms with Crippen molar-refractivity contribution in [3.63, 3.8) is 0 Å². The number of hydrogen-bond donors (Lipinski definition) is 2. The Morgan fingerprint density at radius 1 is 1.62 bits per heavy atom. The third-order valence-corrected chi connectivity index (χ3v) is 2.72. The zero-order chi connectivity index (χ0) is 12.1. The summed E-state index contributed by atoms with van der Waals surface area (Å²) in [7, 11) is 0. The van der Waals surface area contributed by atoms with E-state index in [0.29, 0.717) is 16.4 Å². The molecule has 16 heavy (non-hydrogen) atoms. The van der Waals surface area contributed by atoms with Gasteiger partial charge in [0.05, 0.1) is 18.2 Å². The van der Waals surface area contributed by atoms with E-state index in [-0.39, 0.29) is 18.6 Å². The van der Waals surface area contributed by atoms with Crippen molar-refractivity contribution >= 4 is 17.4 Å². The van der Waals surface area contributed by atoms with E-state index < -0.39 is 0 Å². The number of nitrogens with one attached hydrogen (secondary N) is 1. The van der Waals surface area contributed by atoms with Gasteiger partial charge in [-0.05, 0) is 12.0 Å². The Morgan fingerprint density at radius 2 is 2.31 bits per heavy atom. The maximum absolute atomic E-state index is 9.18. The predicted octanol–water partition coefficient (Wildman–Crippen LogP) is 2.04. The number of nitrogens with zero attached hydrogens (tertiary/aromatic N) is 2. The van der Waals surface area contributed by atoms with Gasteiger partial charge in [0.15, 0.2) is 0 Å². The normalized spacial score (nSPS) is 12.2. The van der Waals surface area contributed by atoms with Gasteiger partial charge in [0.25, 0.3) is 0 Å². The van der Waals surface area contributed by atoms with Crippen LogP contribution in [-0.4, -0.2) is 22.7 Å². The Hall–Kier alpha value is -1.31. The van der Waals surface area contributed by atoms with Gasteiger partial charge in [-0.1, -0.05) is 25.4 Å². The van der Waals surface area contributed by atoms with Crippen molar-refractivity contribution in [2.75, 3.05) is 11.9 Å². The molecule has 0 bridgehead atoms. The van der Waals surface area contributed by atoms with Gasteiger partial charge >= 0.3 is 0 Å². The van der Waals surface area contributed by atoms with Crippen LogP contribution in [0.1, 0.15) is 19.4 Å². The van der Waals surface area contributed by atoms with E-state index in [4.69, 9.17) is 16.9 Å². The summed E-state index contributed by atoms with van der Waals surface area (Å²) in [5.74, 6) is 0.682. The molecule has 1 aromatic rings. The molecule has 4 nitrogen and oxygen atoms in total. The zero-order valence-electron chi connectivity index (χ0n) is 9.24. The van der Waals surface area contributed by atoms with Crippen LogP contribution in [0, 0.1) is 17.2 Å². The van der Waals surface area contributed by atoms with Gasteiger partial charge in [-0.15, -0.1) is 0 Å². The lowest BCUT2D eigenvalue weighted by atomic mass is 10.1. The van der Waals surface area contributed by atoms with Crippen LogP contribution in [0.25, 0.3) is 0 Å². The van der Waals surface area contributed by atoms with Crippen molar-refractivity contribution in [2.24, 2.45) is 5.92 Å². The average molecular weight is 240 g/mol. The molecule has 1 heterocycles. The molecule has 86 valence electrons. The second-order valence-corrected chi connectivity index (χ2v) is 4.19. The fourth-order valence-corrected chi connectivity index (χ4v) is 1.44. The van der Waals surface area contributed by atoms with Crippen LogP contribution in [0.2, 0.25) is 5.02 Å². The summed E-state index contributed by atoms with van der Waals surface area (Å²) in [4.78, 5) is 4.05. The Balaban J connectivity index is 2.93. The molecule has 0 saturated heterocycles. The quantitative estimate of drug-likeness (QED) is 0.844. The van der Waals surface area contributed by atoms with E-state index in [2.05, 4.69) is 10.3 Å². The van der Waals surface area contributed by atoms with Crippen molar-refractivity contribution in [1.82, 2.24) is 4.98 Å². The largest absolute Gasteiger partial charge is 0.394 e. The first-order valence-electron chi connectivity index (χ1n) is 5.02. The summed E-state index contributed by atoms with van der Waals surface area (Å²) in [6.45, 7) is 3.96. The fourth-order valence-electron chi connectivity index (χ4n) is 1.23. The van der Waals surface area contributed by atoms with Crippen molar-refractivity contribution in [3.8, 4) is 6.07 Å². The van der Waals surface area contributed by atoms with Gasteiger partial charge in [-0.2, -0.15) is 5.26 Å². The number of rotatable bonds is 4. The third-order valence-electron chi connectivity index (χ3n) is 2.33.